The van der Waals surface area contributed by atoms with E-state index in [-0.39, 0.29) is 18.2 Å². The Balaban J connectivity index is 1.55. The van der Waals surface area contributed by atoms with Crippen molar-refractivity contribution in [2.45, 2.75) is 32.6 Å². The number of nitrogens with zero attached hydrogens (tertiary/aromatic N) is 3. The molecule has 3 heterocycles. The van der Waals surface area contributed by atoms with Gasteiger partial charge in [0, 0.05) is 38.9 Å². The van der Waals surface area contributed by atoms with Crippen molar-refractivity contribution in [1.29, 1.82) is 0 Å². The fraction of sp³-hybridized carbons (Fsp3) is 0.647. The van der Waals surface area contributed by atoms with Gasteiger partial charge < -0.3 is 24.6 Å². The molecule has 1 aromatic rings. The molecule has 0 aromatic carbocycles. The number of rotatable bonds is 3. The molecule has 0 bridgehead atoms. The molecule has 2 amide bonds. The molecule has 0 spiro atoms. The smallest absolute Gasteiger partial charge is 0.317 e. The van der Waals surface area contributed by atoms with E-state index in [0.29, 0.717) is 19.6 Å². The van der Waals surface area contributed by atoms with E-state index in [1.54, 1.807) is 6.20 Å². The van der Waals surface area contributed by atoms with Crippen LogP contribution in [0.1, 0.15) is 19.4 Å². The van der Waals surface area contributed by atoms with Gasteiger partial charge in [0.15, 0.2) is 0 Å². The maximum atomic E-state index is 12.4. The van der Waals surface area contributed by atoms with E-state index in [9.17, 15) is 4.79 Å². The molecule has 132 valence electrons. The number of ether oxygens (including phenoxy) is 2. The van der Waals surface area contributed by atoms with E-state index in [0.717, 1.165) is 37.7 Å². The molecule has 2 aliphatic heterocycles. The normalized spacial score (nSPS) is 24.8. The lowest BCUT2D eigenvalue weighted by atomic mass is 10.2. The number of carbonyl (C=O) groups is 1. The highest BCUT2D eigenvalue weighted by Crippen LogP contribution is 2.15. The van der Waals surface area contributed by atoms with E-state index < -0.39 is 0 Å². The van der Waals surface area contributed by atoms with Gasteiger partial charge in [-0.15, -0.1) is 0 Å². The van der Waals surface area contributed by atoms with Gasteiger partial charge in [-0.3, -0.25) is 0 Å². The molecular formula is C17H26N4O3. The van der Waals surface area contributed by atoms with Crippen LogP contribution in [0.5, 0.6) is 0 Å². The molecule has 7 heteroatoms. The van der Waals surface area contributed by atoms with E-state index >= 15 is 0 Å². The second-order valence-corrected chi connectivity index (χ2v) is 6.44. The highest BCUT2D eigenvalue weighted by atomic mass is 16.5. The summed E-state index contributed by atoms with van der Waals surface area (Å²) in [5.74, 6) is 0.943. The molecule has 1 N–H and O–H groups in total. The molecule has 2 atom stereocenters. The van der Waals surface area contributed by atoms with Crippen LogP contribution in [0.15, 0.2) is 18.3 Å². The van der Waals surface area contributed by atoms with Crippen LogP contribution in [0, 0.1) is 0 Å². The summed E-state index contributed by atoms with van der Waals surface area (Å²) in [7, 11) is 0. The lowest BCUT2D eigenvalue weighted by molar-refractivity contribution is -0.0545. The maximum absolute atomic E-state index is 12.4. The molecule has 2 saturated heterocycles. The van der Waals surface area contributed by atoms with E-state index in [1.807, 2.05) is 30.9 Å². The Morgan fingerprint density at radius 2 is 2.00 bits per heavy atom. The van der Waals surface area contributed by atoms with Crippen molar-refractivity contribution in [1.82, 2.24) is 15.2 Å². The molecular weight excluding hydrogens is 308 g/mol. The second-order valence-electron chi connectivity index (χ2n) is 6.44. The predicted octanol–water partition coefficient (Wildman–Crippen LogP) is 1.24. The van der Waals surface area contributed by atoms with Gasteiger partial charge in [-0.1, -0.05) is 0 Å². The molecule has 0 aliphatic carbocycles. The SMILES string of the molecule is C[C@H]1CN(C(=O)NCc2ccnc(N3CCOCC3)c2)C[C@H](C)O1. The van der Waals surface area contributed by atoms with E-state index in [1.165, 1.54) is 0 Å². The van der Waals surface area contributed by atoms with Crippen molar-refractivity contribution < 1.29 is 14.3 Å². The zero-order valence-electron chi connectivity index (χ0n) is 14.4. The Morgan fingerprint density at radius 1 is 1.29 bits per heavy atom. The van der Waals surface area contributed by atoms with Gasteiger partial charge >= 0.3 is 6.03 Å². The Kier molecular flexibility index (Phi) is 5.52. The van der Waals surface area contributed by atoms with Gasteiger partial charge in [0.2, 0.25) is 0 Å². The van der Waals surface area contributed by atoms with Crippen molar-refractivity contribution in [2.75, 3.05) is 44.3 Å². The average Bonchev–Trinajstić information content (AvgIpc) is 2.60. The number of anilines is 1. The molecule has 0 saturated carbocycles. The average molecular weight is 334 g/mol. The zero-order chi connectivity index (χ0) is 16.9. The van der Waals surface area contributed by atoms with E-state index in [2.05, 4.69) is 15.2 Å². The maximum Gasteiger partial charge on any atom is 0.317 e. The lowest BCUT2D eigenvalue weighted by Gasteiger charge is -2.35. The van der Waals surface area contributed by atoms with Gasteiger partial charge in [0.25, 0.3) is 0 Å². The number of aromatic nitrogens is 1. The summed E-state index contributed by atoms with van der Waals surface area (Å²) in [6.45, 7) is 8.92. The quantitative estimate of drug-likeness (QED) is 0.901. The molecule has 7 nitrogen and oxygen atoms in total. The zero-order valence-corrected chi connectivity index (χ0v) is 14.4. The van der Waals surface area contributed by atoms with Crippen LogP contribution in [0.4, 0.5) is 10.6 Å². The standard InChI is InChI=1S/C17H26N4O3/c1-13-11-21(12-14(2)24-13)17(22)19-10-15-3-4-18-16(9-15)20-5-7-23-8-6-20/h3-4,9,13-14H,5-8,10-12H2,1-2H3,(H,19,22)/t13-,14-/m0/s1. The summed E-state index contributed by atoms with van der Waals surface area (Å²) in [5, 5.41) is 3.00. The molecule has 2 fully saturated rings. The lowest BCUT2D eigenvalue weighted by Crippen LogP contribution is -2.51. The fourth-order valence-corrected chi connectivity index (χ4v) is 3.17. The number of urea groups is 1. The Labute approximate surface area is 142 Å². The summed E-state index contributed by atoms with van der Waals surface area (Å²) in [6, 6.07) is 3.94. The summed E-state index contributed by atoms with van der Waals surface area (Å²) in [4.78, 5) is 20.8. The predicted molar refractivity (Wildman–Crippen MR) is 91.1 cm³/mol. The molecule has 2 aliphatic rings. The third-order valence-corrected chi connectivity index (χ3v) is 4.30. The molecule has 3 rings (SSSR count). The summed E-state index contributed by atoms with van der Waals surface area (Å²) in [6.07, 6.45) is 1.95. The summed E-state index contributed by atoms with van der Waals surface area (Å²) in [5.41, 5.74) is 1.05. The highest BCUT2D eigenvalue weighted by Gasteiger charge is 2.25. The fourth-order valence-electron chi connectivity index (χ4n) is 3.17. The van der Waals surface area contributed by atoms with Crippen LogP contribution >= 0.6 is 0 Å². The molecule has 0 unspecified atom stereocenters. The van der Waals surface area contributed by atoms with Crippen molar-refractivity contribution in [3.63, 3.8) is 0 Å². The number of pyridine rings is 1. The van der Waals surface area contributed by atoms with Gasteiger partial charge in [-0.05, 0) is 31.5 Å². The van der Waals surface area contributed by atoms with Gasteiger partial charge in [-0.2, -0.15) is 0 Å². The topological polar surface area (TPSA) is 66.9 Å². The number of nitrogens with one attached hydrogen (secondary N) is 1. The first-order valence-corrected chi connectivity index (χ1v) is 8.57. The van der Waals surface area contributed by atoms with Crippen LogP contribution in [0.25, 0.3) is 0 Å². The monoisotopic (exact) mass is 334 g/mol. The first kappa shape index (κ1) is 17.0. The number of carbonyl (C=O) groups excluding carboxylic acids is 1. The highest BCUT2D eigenvalue weighted by molar-refractivity contribution is 5.74. The summed E-state index contributed by atoms with van der Waals surface area (Å²) >= 11 is 0. The summed E-state index contributed by atoms with van der Waals surface area (Å²) < 4.78 is 11.0. The first-order chi connectivity index (χ1) is 11.6. The Bertz CT molecular complexity index is 553. The minimum absolute atomic E-state index is 0.0401. The van der Waals surface area contributed by atoms with Gasteiger partial charge in [0.1, 0.15) is 5.82 Å². The number of amides is 2. The van der Waals surface area contributed by atoms with Crippen molar-refractivity contribution >= 4 is 11.8 Å². The minimum Gasteiger partial charge on any atom is -0.378 e. The number of hydrogen-bond acceptors (Lipinski definition) is 5. The minimum atomic E-state index is -0.0401. The van der Waals surface area contributed by atoms with E-state index in [4.69, 9.17) is 9.47 Å². The third-order valence-electron chi connectivity index (χ3n) is 4.30. The molecule has 1 aromatic heterocycles. The van der Waals surface area contributed by atoms with Crippen LogP contribution < -0.4 is 10.2 Å². The Hall–Kier alpha value is -1.86. The second kappa shape index (κ2) is 7.81. The van der Waals surface area contributed by atoms with Gasteiger partial charge in [0.05, 0.1) is 25.4 Å². The van der Waals surface area contributed by atoms with Gasteiger partial charge in [-0.25, -0.2) is 9.78 Å². The number of hydrogen-bond donors (Lipinski definition) is 1. The van der Waals surface area contributed by atoms with Crippen LogP contribution in [-0.4, -0.2) is 67.5 Å². The Morgan fingerprint density at radius 3 is 2.71 bits per heavy atom. The first-order valence-electron chi connectivity index (χ1n) is 8.57. The largest absolute Gasteiger partial charge is 0.378 e. The van der Waals surface area contributed by atoms with Crippen molar-refractivity contribution in [2.24, 2.45) is 0 Å². The van der Waals surface area contributed by atoms with Crippen molar-refractivity contribution in [3.05, 3.63) is 23.9 Å². The van der Waals surface area contributed by atoms with Crippen molar-refractivity contribution in [3.8, 4) is 0 Å². The van der Waals surface area contributed by atoms with Crippen LogP contribution in [-0.2, 0) is 16.0 Å². The number of morpholine rings is 2. The third kappa shape index (κ3) is 4.36. The van der Waals surface area contributed by atoms with Crippen LogP contribution in [0.2, 0.25) is 0 Å². The molecule has 24 heavy (non-hydrogen) atoms. The molecule has 0 radical (unpaired) electrons. The van der Waals surface area contributed by atoms with Crippen LogP contribution in [0.3, 0.4) is 0 Å².